The van der Waals surface area contributed by atoms with Crippen molar-refractivity contribution >= 4 is 5.95 Å². The standard InChI is InChI=1S/C20H25N7O/c1-5-15-14(3)25-28-19(15)16-11-23-20(27-8-6-26(4)7-9-27)24-18(16)17-12-21-13(2)10-22-17/h10-12H,5-9H2,1-4H3. The van der Waals surface area contributed by atoms with Crippen LogP contribution in [0.1, 0.15) is 23.9 Å². The van der Waals surface area contributed by atoms with E-state index in [1.165, 1.54) is 0 Å². The lowest BCUT2D eigenvalue weighted by molar-refractivity contribution is 0.311. The molecule has 28 heavy (non-hydrogen) atoms. The molecule has 0 bridgehead atoms. The van der Waals surface area contributed by atoms with Crippen LogP contribution < -0.4 is 4.90 Å². The van der Waals surface area contributed by atoms with Crippen LogP contribution in [0.2, 0.25) is 0 Å². The molecule has 1 aliphatic rings. The lowest BCUT2D eigenvalue weighted by Gasteiger charge is -2.32. The molecule has 0 aromatic carbocycles. The zero-order valence-electron chi connectivity index (χ0n) is 16.8. The van der Waals surface area contributed by atoms with Gasteiger partial charge in [-0.2, -0.15) is 0 Å². The van der Waals surface area contributed by atoms with Crippen molar-refractivity contribution in [1.29, 1.82) is 0 Å². The first-order valence-corrected chi connectivity index (χ1v) is 9.62. The van der Waals surface area contributed by atoms with Crippen LogP contribution in [-0.2, 0) is 6.42 Å². The van der Waals surface area contributed by atoms with Crippen LogP contribution in [0.4, 0.5) is 5.95 Å². The van der Waals surface area contributed by atoms with Gasteiger partial charge in [-0.05, 0) is 27.3 Å². The Morgan fingerprint density at radius 1 is 1.00 bits per heavy atom. The van der Waals surface area contributed by atoms with E-state index in [0.29, 0.717) is 17.4 Å². The van der Waals surface area contributed by atoms with Gasteiger partial charge in [-0.3, -0.25) is 9.97 Å². The minimum Gasteiger partial charge on any atom is -0.356 e. The zero-order chi connectivity index (χ0) is 19.7. The molecule has 4 rings (SSSR count). The quantitative estimate of drug-likeness (QED) is 0.684. The molecular formula is C20H25N7O. The van der Waals surface area contributed by atoms with Crippen molar-refractivity contribution in [3.05, 3.63) is 35.5 Å². The van der Waals surface area contributed by atoms with Crippen LogP contribution in [0, 0.1) is 13.8 Å². The second-order valence-corrected chi connectivity index (χ2v) is 7.19. The van der Waals surface area contributed by atoms with Gasteiger partial charge >= 0.3 is 0 Å². The number of nitrogens with zero attached hydrogens (tertiary/aromatic N) is 7. The van der Waals surface area contributed by atoms with Crippen LogP contribution in [0.3, 0.4) is 0 Å². The molecule has 0 spiro atoms. The van der Waals surface area contributed by atoms with Crippen molar-refractivity contribution < 1.29 is 4.52 Å². The lowest BCUT2D eigenvalue weighted by Crippen LogP contribution is -2.45. The summed E-state index contributed by atoms with van der Waals surface area (Å²) in [6.07, 6.45) is 6.16. The van der Waals surface area contributed by atoms with Crippen LogP contribution in [-0.4, -0.2) is 63.2 Å². The van der Waals surface area contributed by atoms with Gasteiger partial charge in [0.2, 0.25) is 5.95 Å². The summed E-state index contributed by atoms with van der Waals surface area (Å²) in [5.41, 5.74) is 5.05. The molecule has 3 aromatic rings. The summed E-state index contributed by atoms with van der Waals surface area (Å²) in [7, 11) is 2.13. The van der Waals surface area contributed by atoms with Crippen molar-refractivity contribution in [3.63, 3.8) is 0 Å². The van der Waals surface area contributed by atoms with Crippen molar-refractivity contribution in [2.75, 3.05) is 38.1 Å². The van der Waals surface area contributed by atoms with Gasteiger partial charge in [0.05, 0.1) is 23.1 Å². The van der Waals surface area contributed by atoms with E-state index >= 15 is 0 Å². The fourth-order valence-corrected chi connectivity index (χ4v) is 3.42. The predicted molar refractivity (Wildman–Crippen MR) is 107 cm³/mol. The number of piperazine rings is 1. The molecule has 3 aromatic heterocycles. The molecule has 146 valence electrons. The maximum absolute atomic E-state index is 5.66. The smallest absolute Gasteiger partial charge is 0.226 e. The summed E-state index contributed by atoms with van der Waals surface area (Å²) in [4.78, 5) is 23.0. The Balaban J connectivity index is 1.82. The number of hydrogen-bond donors (Lipinski definition) is 0. The SMILES string of the molecule is CCc1c(C)noc1-c1cnc(N2CCN(C)CC2)nc1-c1cnc(C)cn1. The first kappa shape index (κ1) is 18.5. The number of rotatable bonds is 4. The summed E-state index contributed by atoms with van der Waals surface area (Å²) in [5.74, 6) is 1.42. The van der Waals surface area contributed by atoms with Gasteiger partial charge in [0.25, 0.3) is 0 Å². The molecule has 8 heteroatoms. The predicted octanol–water partition coefficient (Wildman–Crippen LogP) is 2.52. The van der Waals surface area contributed by atoms with Crippen molar-refractivity contribution in [2.24, 2.45) is 0 Å². The molecule has 1 aliphatic heterocycles. The highest BCUT2D eigenvalue weighted by Gasteiger charge is 2.23. The van der Waals surface area contributed by atoms with Crippen LogP contribution in [0.25, 0.3) is 22.7 Å². The van der Waals surface area contributed by atoms with Gasteiger partial charge in [-0.25, -0.2) is 9.97 Å². The zero-order valence-corrected chi connectivity index (χ0v) is 16.8. The third-order valence-electron chi connectivity index (χ3n) is 5.17. The fourth-order valence-electron chi connectivity index (χ4n) is 3.42. The molecule has 0 atom stereocenters. The molecule has 1 fully saturated rings. The Morgan fingerprint density at radius 2 is 1.79 bits per heavy atom. The summed E-state index contributed by atoms with van der Waals surface area (Å²) >= 11 is 0. The molecule has 0 unspecified atom stereocenters. The molecule has 0 N–H and O–H groups in total. The molecule has 0 amide bonds. The van der Waals surface area contributed by atoms with E-state index in [9.17, 15) is 0 Å². The maximum Gasteiger partial charge on any atom is 0.226 e. The minimum atomic E-state index is 0.703. The van der Waals surface area contributed by atoms with Gasteiger partial charge in [0.15, 0.2) is 5.76 Å². The Morgan fingerprint density at radius 3 is 2.46 bits per heavy atom. The van der Waals surface area contributed by atoms with E-state index in [2.05, 4.69) is 43.9 Å². The number of likely N-dealkylation sites (N-methyl/N-ethyl adjacent to an activating group) is 1. The van der Waals surface area contributed by atoms with Crippen molar-refractivity contribution in [1.82, 2.24) is 30.0 Å². The maximum atomic E-state index is 5.66. The summed E-state index contributed by atoms with van der Waals surface area (Å²) < 4.78 is 5.66. The van der Waals surface area contributed by atoms with E-state index < -0.39 is 0 Å². The fraction of sp³-hybridized carbons (Fsp3) is 0.450. The van der Waals surface area contributed by atoms with Gasteiger partial charge < -0.3 is 14.3 Å². The normalized spacial score (nSPS) is 15.2. The van der Waals surface area contributed by atoms with Crippen LogP contribution in [0.15, 0.2) is 23.1 Å². The first-order valence-electron chi connectivity index (χ1n) is 9.62. The highest BCUT2D eigenvalue weighted by Crippen LogP contribution is 2.34. The second kappa shape index (κ2) is 7.63. The van der Waals surface area contributed by atoms with E-state index in [1.807, 2.05) is 20.0 Å². The number of aromatic nitrogens is 5. The third kappa shape index (κ3) is 3.47. The van der Waals surface area contributed by atoms with Crippen LogP contribution >= 0.6 is 0 Å². The summed E-state index contributed by atoms with van der Waals surface area (Å²) in [6.45, 7) is 9.75. The number of anilines is 1. The Bertz CT molecular complexity index is 959. The van der Waals surface area contributed by atoms with E-state index in [-0.39, 0.29) is 0 Å². The highest BCUT2D eigenvalue weighted by atomic mass is 16.5. The molecule has 8 nitrogen and oxygen atoms in total. The third-order valence-corrected chi connectivity index (χ3v) is 5.17. The monoisotopic (exact) mass is 379 g/mol. The van der Waals surface area contributed by atoms with E-state index in [4.69, 9.17) is 9.51 Å². The molecule has 4 heterocycles. The Labute approximate surface area is 164 Å². The van der Waals surface area contributed by atoms with Gasteiger partial charge in [-0.1, -0.05) is 12.1 Å². The molecule has 0 saturated carbocycles. The van der Waals surface area contributed by atoms with E-state index in [0.717, 1.165) is 60.8 Å². The van der Waals surface area contributed by atoms with Crippen LogP contribution in [0.5, 0.6) is 0 Å². The molecule has 0 aliphatic carbocycles. The Hall–Kier alpha value is -2.87. The largest absolute Gasteiger partial charge is 0.356 e. The average molecular weight is 379 g/mol. The summed E-state index contributed by atoms with van der Waals surface area (Å²) in [5, 5.41) is 4.15. The average Bonchev–Trinajstić information content (AvgIpc) is 3.09. The van der Waals surface area contributed by atoms with E-state index in [1.54, 1.807) is 12.4 Å². The topological polar surface area (TPSA) is 84.1 Å². The summed E-state index contributed by atoms with van der Waals surface area (Å²) in [6, 6.07) is 0. The second-order valence-electron chi connectivity index (χ2n) is 7.19. The van der Waals surface area contributed by atoms with Crippen molar-refractivity contribution in [2.45, 2.75) is 27.2 Å². The number of aryl methyl sites for hydroxylation is 2. The lowest BCUT2D eigenvalue weighted by atomic mass is 10.0. The minimum absolute atomic E-state index is 0.703. The number of hydrogen-bond acceptors (Lipinski definition) is 8. The first-order chi connectivity index (χ1) is 13.6. The molecule has 1 saturated heterocycles. The molecular weight excluding hydrogens is 354 g/mol. The van der Waals surface area contributed by atoms with Crippen molar-refractivity contribution in [3.8, 4) is 22.7 Å². The van der Waals surface area contributed by atoms with Gasteiger partial charge in [0.1, 0.15) is 11.4 Å². The van der Waals surface area contributed by atoms with Gasteiger partial charge in [0, 0.05) is 44.1 Å². The molecule has 0 radical (unpaired) electrons. The highest BCUT2D eigenvalue weighted by molar-refractivity contribution is 5.78. The Kier molecular flexibility index (Phi) is 5.04. The van der Waals surface area contributed by atoms with Gasteiger partial charge in [-0.15, -0.1) is 0 Å².